The van der Waals surface area contributed by atoms with Gasteiger partial charge < -0.3 is 4.90 Å². The molecule has 0 atom stereocenters. The summed E-state index contributed by atoms with van der Waals surface area (Å²) in [7, 11) is 0. The molecule has 10 aromatic carbocycles. The van der Waals surface area contributed by atoms with Crippen LogP contribution in [0.25, 0.3) is 64.3 Å². The highest BCUT2D eigenvalue weighted by molar-refractivity contribution is 7.26. The van der Waals surface area contributed by atoms with Crippen molar-refractivity contribution in [3.05, 3.63) is 258 Å². The van der Waals surface area contributed by atoms with Crippen LogP contribution in [0.3, 0.4) is 0 Å². The van der Waals surface area contributed by atoms with Crippen molar-refractivity contribution in [3.8, 4) is 33.4 Å². The van der Waals surface area contributed by atoms with E-state index in [-0.39, 0.29) is 0 Å². The largest absolute Gasteiger partial charge is 0.310 e. The second-order valence-corrected chi connectivity index (χ2v) is 19.6. The number of anilines is 3. The van der Waals surface area contributed by atoms with Crippen LogP contribution in [0.5, 0.6) is 0 Å². The van der Waals surface area contributed by atoms with Crippen LogP contribution in [0.15, 0.2) is 231 Å². The van der Waals surface area contributed by atoms with Gasteiger partial charge in [-0.25, -0.2) is 0 Å². The molecule has 0 radical (unpaired) electrons. The molecule has 0 spiro atoms. The first-order valence-electron chi connectivity index (χ1n) is 24.0. The summed E-state index contributed by atoms with van der Waals surface area (Å²) in [5.41, 5.74) is 17.5. The van der Waals surface area contributed by atoms with Crippen molar-refractivity contribution in [2.45, 2.75) is 43.4 Å². The quantitative estimate of drug-likeness (QED) is 0.147. The molecule has 0 amide bonds. The Hall–Kier alpha value is -7.52. The first kappa shape index (κ1) is 39.8. The Morgan fingerprint density at radius 3 is 1.81 bits per heavy atom. The highest BCUT2D eigenvalue weighted by atomic mass is 32.1. The molecule has 1 saturated carbocycles. The summed E-state index contributed by atoms with van der Waals surface area (Å²) in [6.07, 6.45) is 6.44. The Labute approximate surface area is 397 Å². The Morgan fingerprint density at radius 2 is 1.04 bits per heavy atom. The second-order valence-electron chi connectivity index (χ2n) is 18.5. The lowest BCUT2D eigenvalue weighted by molar-refractivity contribution is 0.444. The molecule has 0 N–H and O–H groups in total. The maximum Gasteiger partial charge on any atom is 0.0714 e. The molecule has 0 aliphatic heterocycles. The summed E-state index contributed by atoms with van der Waals surface area (Å²) in [6, 6.07) is 86.7. The fraction of sp³-hybridized carbons (Fsp3) is 0.108. The van der Waals surface area contributed by atoms with E-state index in [2.05, 4.69) is 235 Å². The second kappa shape index (κ2) is 16.4. The van der Waals surface area contributed by atoms with E-state index in [4.69, 9.17) is 0 Å². The molecular weight excluding hydrogens is 827 g/mol. The fourth-order valence-corrected chi connectivity index (χ4v) is 13.2. The first-order valence-corrected chi connectivity index (χ1v) is 24.8. The van der Waals surface area contributed by atoms with Gasteiger partial charge in [0, 0.05) is 31.5 Å². The summed E-state index contributed by atoms with van der Waals surface area (Å²) in [5, 5.41) is 5.08. The van der Waals surface area contributed by atoms with Gasteiger partial charge in [0.15, 0.2) is 0 Å². The lowest BCUT2D eigenvalue weighted by Crippen LogP contribution is -2.29. The summed E-state index contributed by atoms with van der Waals surface area (Å²) >= 11 is 1.88. The standard InChI is InChI=1S/C65H49NS/c1-5-19-44(20-6-1)53-30-17-31-57-63(53)55-42-40-51(43-58(55)65(57,48-24-9-3-10-25-48)49-26-11-4-12-27-49)66(59-32-18-34-61-64(59)56-29-15-16-33-60(56)67-61)50-38-35-46(36-39-50)54-41-37-45-21-13-14-28-52(45)62(54)47-22-7-2-8-23-47/h2-4,7-18,21-44H,1,5-6,19-20H2. The molecule has 2 aliphatic carbocycles. The molecule has 2 aliphatic rings. The molecular formula is C65H49NS. The number of fused-ring (bicyclic) bond motifs is 7. The van der Waals surface area contributed by atoms with E-state index >= 15 is 0 Å². The van der Waals surface area contributed by atoms with Gasteiger partial charge in [0.2, 0.25) is 0 Å². The third-order valence-electron chi connectivity index (χ3n) is 14.9. The van der Waals surface area contributed by atoms with Gasteiger partial charge in [0.25, 0.3) is 0 Å². The zero-order chi connectivity index (χ0) is 44.3. The van der Waals surface area contributed by atoms with Crippen LogP contribution in [-0.2, 0) is 5.41 Å². The smallest absolute Gasteiger partial charge is 0.0714 e. The van der Waals surface area contributed by atoms with E-state index in [0.717, 1.165) is 11.4 Å². The third-order valence-corrected chi connectivity index (χ3v) is 16.1. The molecule has 0 bridgehead atoms. The minimum absolute atomic E-state index is 0.519. The van der Waals surface area contributed by atoms with E-state index < -0.39 is 5.41 Å². The highest BCUT2D eigenvalue weighted by Crippen LogP contribution is 2.60. The van der Waals surface area contributed by atoms with Crippen LogP contribution in [0, 0.1) is 0 Å². The fourth-order valence-electron chi connectivity index (χ4n) is 12.0. The van der Waals surface area contributed by atoms with E-state index in [0.29, 0.717) is 5.92 Å². The maximum atomic E-state index is 2.55. The minimum Gasteiger partial charge on any atom is -0.310 e. The van der Waals surface area contributed by atoms with Gasteiger partial charge >= 0.3 is 0 Å². The van der Waals surface area contributed by atoms with E-state index in [9.17, 15) is 0 Å². The van der Waals surface area contributed by atoms with Crippen LogP contribution in [-0.4, -0.2) is 0 Å². The van der Waals surface area contributed by atoms with Gasteiger partial charge in [-0.15, -0.1) is 11.3 Å². The zero-order valence-corrected chi connectivity index (χ0v) is 38.2. The van der Waals surface area contributed by atoms with Gasteiger partial charge in [0.1, 0.15) is 0 Å². The molecule has 1 heterocycles. The summed E-state index contributed by atoms with van der Waals surface area (Å²) < 4.78 is 2.59. The van der Waals surface area contributed by atoms with E-state index in [1.807, 2.05) is 11.3 Å². The molecule has 11 aromatic rings. The van der Waals surface area contributed by atoms with Gasteiger partial charge in [-0.1, -0.05) is 207 Å². The minimum atomic E-state index is -0.519. The van der Waals surface area contributed by atoms with Gasteiger partial charge in [-0.3, -0.25) is 0 Å². The molecule has 2 heteroatoms. The van der Waals surface area contributed by atoms with Gasteiger partial charge in [0.05, 0.1) is 11.1 Å². The average molecular weight is 876 g/mol. The summed E-state index contributed by atoms with van der Waals surface area (Å²) in [6.45, 7) is 0. The number of hydrogen-bond donors (Lipinski definition) is 0. The first-order chi connectivity index (χ1) is 33.3. The van der Waals surface area contributed by atoms with E-state index in [1.54, 1.807) is 0 Å². The van der Waals surface area contributed by atoms with Crippen molar-refractivity contribution in [1.82, 2.24) is 0 Å². The average Bonchev–Trinajstić information content (AvgIpc) is 3.94. The third kappa shape index (κ3) is 6.42. The van der Waals surface area contributed by atoms with Crippen LogP contribution in [0.1, 0.15) is 65.8 Å². The number of thiophene rings is 1. The van der Waals surface area contributed by atoms with Crippen molar-refractivity contribution < 1.29 is 0 Å². The number of nitrogens with zero attached hydrogens (tertiary/aromatic N) is 1. The van der Waals surface area contributed by atoms with Crippen LogP contribution in [0.2, 0.25) is 0 Å². The molecule has 1 nitrogen and oxygen atoms in total. The molecule has 0 saturated heterocycles. The highest BCUT2D eigenvalue weighted by Gasteiger charge is 2.47. The maximum absolute atomic E-state index is 2.55. The monoisotopic (exact) mass is 875 g/mol. The molecule has 320 valence electrons. The SMILES string of the molecule is c1ccc(-c2c(-c3ccc(N(c4ccc5c(c4)C(c4ccccc4)(c4ccccc4)c4cccc(C6CCCCC6)c4-5)c4cccc5sc6ccccc6c45)cc3)ccc3ccccc23)cc1. The lowest BCUT2D eigenvalue weighted by atomic mass is 9.67. The molecule has 1 fully saturated rings. The lowest BCUT2D eigenvalue weighted by Gasteiger charge is -2.35. The summed E-state index contributed by atoms with van der Waals surface area (Å²) in [4.78, 5) is 2.54. The Morgan fingerprint density at radius 1 is 0.418 bits per heavy atom. The topological polar surface area (TPSA) is 3.24 Å². The van der Waals surface area contributed by atoms with E-state index in [1.165, 1.54) is 130 Å². The zero-order valence-electron chi connectivity index (χ0n) is 37.4. The molecule has 67 heavy (non-hydrogen) atoms. The van der Waals surface area contributed by atoms with Crippen LogP contribution in [0.4, 0.5) is 17.1 Å². The molecule has 0 unspecified atom stereocenters. The number of hydrogen-bond acceptors (Lipinski definition) is 2. The van der Waals surface area contributed by atoms with Crippen molar-refractivity contribution in [2.24, 2.45) is 0 Å². The Bertz CT molecular complexity index is 3560. The predicted octanol–water partition coefficient (Wildman–Crippen LogP) is 18.4. The number of benzene rings is 10. The van der Waals surface area contributed by atoms with Gasteiger partial charge in [-0.2, -0.15) is 0 Å². The predicted molar refractivity (Wildman–Crippen MR) is 286 cm³/mol. The molecule has 1 aromatic heterocycles. The molecule has 13 rings (SSSR count). The van der Waals surface area contributed by atoms with Crippen molar-refractivity contribution in [3.63, 3.8) is 0 Å². The Kier molecular flexibility index (Phi) is 9.76. The van der Waals surface area contributed by atoms with Crippen molar-refractivity contribution in [1.29, 1.82) is 0 Å². The van der Waals surface area contributed by atoms with Crippen molar-refractivity contribution in [2.75, 3.05) is 4.90 Å². The van der Waals surface area contributed by atoms with Crippen LogP contribution >= 0.6 is 11.3 Å². The van der Waals surface area contributed by atoms with Gasteiger partial charge in [-0.05, 0) is 133 Å². The number of rotatable bonds is 8. The summed E-state index contributed by atoms with van der Waals surface area (Å²) in [5.74, 6) is 0.558. The Balaban J connectivity index is 1.06. The van der Waals surface area contributed by atoms with Crippen molar-refractivity contribution >= 4 is 59.3 Å². The normalized spacial score (nSPS) is 14.3. The van der Waals surface area contributed by atoms with Crippen LogP contribution < -0.4 is 4.90 Å².